The number of para-hydroxylation sites is 3. The van der Waals surface area contributed by atoms with Crippen molar-refractivity contribution in [1.29, 1.82) is 0 Å². The molecule has 2 heterocycles. The van der Waals surface area contributed by atoms with Crippen LogP contribution in [0.4, 0.5) is 11.5 Å². The molecule has 0 radical (unpaired) electrons. The van der Waals surface area contributed by atoms with E-state index in [4.69, 9.17) is 4.42 Å². The minimum Gasteiger partial charge on any atom is -0.440 e. The van der Waals surface area contributed by atoms with Gasteiger partial charge in [-0.2, -0.15) is 0 Å². The van der Waals surface area contributed by atoms with E-state index in [2.05, 4.69) is 20.3 Å². The molecule has 0 amide bonds. The van der Waals surface area contributed by atoms with Crippen LogP contribution in [0.3, 0.4) is 0 Å². The molecule has 2 aromatic carbocycles. The van der Waals surface area contributed by atoms with Crippen molar-refractivity contribution in [2.24, 2.45) is 0 Å². The van der Waals surface area contributed by atoms with E-state index in [1.807, 2.05) is 48.5 Å². The number of aromatic nitrogens is 3. The summed E-state index contributed by atoms with van der Waals surface area (Å²) in [6, 6.07) is 15.4. The zero-order valence-corrected chi connectivity index (χ0v) is 11.5. The molecule has 2 aromatic heterocycles. The second kappa shape index (κ2) is 5.29. The molecule has 0 saturated carbocycles. The molecule has 0 atom stereocenters. The van der Waals surface area contributed by atoms with Crippen molar-refractivity contribution in [2.45, 2.75) is 0 Å². The zero-order chi connectivity index (χ0) is 14.8. The van der Waals surface area contributed by atoms with E-state index in [-0.39, 0.29) is 0 Å². The van der Waals surface area contributed by atoms with Crippen LogP contribution in [0.2, 0.25) is 0 Å². The predicted molar refractivity (Wildman–Crippen MR) is 84.2 cm³/mol. The van der Waals surface area contributed by atoms with E-state index in [9.17, 15) is 0 Å². The molecule has 0 saturated heterocycles. The standard InChI is InChI=1S/C17H11N4O/c1-2-6-13(20-16-11-18-9-10-19-16)12(5-1)17-21-14-7-3-4-8-15(14)22-17/h1-11H/q-1. The summed E-state index contributed by atoms with van der Waals surface area (Å²) in [6.07, 6.45) is 4.84. The fraction of sp³-hybridized carbons (Fsp3) is 0. The molecule has 0 N–H and O–H groups in total. The monoisotopic (exact) mass is 287 g/mol. The Hall–Kier alpha value is -3.21. The van der Waals surface area contributed by atoms with Gasteiger partial charge in [0, 0.05) is 18.0 Å². The lowest BCUT2D eigenvalue weighted by Crippen LogP contribution is -1.81. The highest BCUT2D eigenvalue weighted by Crippen LogP contribution is 2.37. The van der Waals surface area contributed by atoms with Crippen molar-refractivity contribution in [1.82, 2.24) is 15.0 Å². The third kappa shape index (κ3) is 2.29. The molecule has 4 rings (SSSR count). The molecule has 4 aromatic rings. The topological polar surface area (TPSA) is 65.9 Å². The zero-order valence-electron chi connectivity index (χ0n) is 11.5. The minimum atomic E-state index is 0.546. The highest BCUT2D eigenvalue weighted by Gasteiger charge is 2.09. The Balaban J connectivity index is 1.78. The Morgan fingerprint density at radius 2 is 1.77 bits per heavy atom. The maximum absolute atomic E-state index is 5.83. The predicted octanol–water partition coefficient (Wildman–Crippen LogP) is 4.62. The molecule has 0 fully saturated rings. The molecule has 5 nitrogen and oxygen atoms in total. The van der Waals surface area contributed by atoms with Crippen LogP contribution in [0.5, 0.6) is 0 Å². The SMILES string of the molecule is c1ccc(-c2nc3ccccc3o2)c([N-]c2cnccn2)c1. The van der Waals surface area contributed by atoms with Crippen LogP contribution >= 0.6 is 0 Å². The van der Waals surface area contributed by atoms with Crippen molar-refractivity contribution in [2.75, 3.05) is 0 Å². The molecule has 0 aliphatic heterocycles. The summed E-state index contributed by atoms with van der Waals surface area (Å²) in [5.41, 5.74) is 3.15. The Kier molecular flexibility index (Phi) is 3.01. The van der Waals surface area contributed by atoms with Crippen LogP contribution in [0.15, 0.2) is 71.5 Å². The molecule has 5 heteroatoms. The van der Waals surface area contributed by atoms with Gasteiger partial charge in [-0.15, -0.1) is 0 Å². The molecule has 0 aliphatic rings. The van der Waals surface area contributed by atoms with Gasteiger partial charge in [0.05, 0.1) is 0 Å². The lowest BCUT2D eigenvalue weighted by atomic mass is 10.2. The van der Waals surface area contributed by atoms with Crippen LogP contribution in [-0.4, -0.2) is 15.0 Å². The first-order valence-corrected chi connectivity index (χ1v) is 6.83. The fourth-order valence-corrected chi connectivity index (χ4v) is 2.21. The van der Waals surface area contributed by atoms with Crippen LogP contribution in [0.25, 0.3) is 27.9 Å². The summed E-state index contributed by atoms with van der Waals surface area (Å²) in [5.74, 6) is 1.09. The number of benzene rings is 2. The van der Waals surface area contributed by atoms with Gasteiger partial charge in [-0.1, -0.05) is 36.5 Å². The minimum absolute atomic E-state index is 0.546. The lowest BCUT2D eigenvalue weighted by molar-refractivity contribution is 0.620. The second-order valence-electron chi connectivity index (χ2n) is 4.68. The van der Waals surface area contributed by atoms with Crippen LogP contribution < -0.4 is 0 Å². The van der Waals surface area contributed by atoms with Gasteiger partial charge in [-0.05, 0) is 29.7 Å². The van der Waals surface area contributed by atoms with Gasteiger partial charge in [0.1, 0.15) is 5.52 Å². The van der Waals surface area contributed by atoms with Crippen molar-refractivity contribution < 1.29 is 4.42 Å². The molecular formula is C17H11N4O-. The number of oxazole rings is 1. The van der Waals surface area contributed by atoms with Crippen molar-refractivity contribution in [3.8, 4) is 11.5 Å². The van der Waals surface area contributed by atoms with E-state index in [0.29, 0.717) is 11.7 Å². The van der Waals surface area contributed by atoms with Gasteiger partial charge < -0.3 is 14.7 Å². The van der Waals surface area contributed by atoms with E-state index >= 15 is 0 Å². The first-order chi connectivity index (χ1) is 10.9. The van der Waals surface area contributed by atoms with Gasteiger partial charge in [0.15, 0.2) is 5.58 Å². The molecule has 0 bridgehead atoms. The van der Waals surface area contributed by atoms with Gasteiger partial charge in [-0.25, -0.2) is 4.98 Å². The second-order valence-corrected chi connectivity index (χ2v) is 4.68. The average Bonchev–Trinajstić information content (AvgIpc) is 3.00. The van der Waals surface area contributed by atoms with Crippen LogP contribution in [0.1, 0.15) is 0 Å². The number of rotatable bonds is 3. The smallest absolute Gasteiger partial charge is 0.227 e. The maximum Gasteiger partial charge on any atom is 0.227 e. The largest absolute Gasteiger partial charge is 0.440 e. The first-order valence-electron chi connectivity index (χ1n) is 6.83. The number of hydrogen-bond acceptors (Lipinski definition) is 4. The average molecular weight is 287 g/mol. The van der Waals surface area contributed by atoms with Gasteiger partial charge in [0.2, 0.25) is 5.89 Å². The van der Waals surface area contributed by atoms with E-state index in [1.165, 1.54) is 0 Å². The van der Waals surface area contributed by atoms with Crippen molar-refractivity contribution in [3.05, 3.63) is 72.4 Å². The Morgan fingerprint density at radius 3 is 2.64 bits per heavy atom. The van der Waals surface area contributed by atoms with Gasteiger partial charge in [-0.3, -0.25) is 4.98 Å². The summed E-state index contributed by atoms with van der Waals surface area (Å²) in [7, 11) is 0. The normalized spacial score (nSPS) is 10.7. The van der Waals surface area contributed by atoms with Gasteiger partial charge >= 0.3 is 0 Å². The Bertz CT molecular complexity index is 885. The summed E-state index contributed by atoms with van der Waals surface area (Å²) in [4.78, 5) is 12.7. The first kappa shape index (κ1) is 12.5. The van der Waals surface area contributed by atoms with E-state index < -0.39 is 0 Å². The molecule has 0 aliphatic carbocycles. The third-order valence-corrected chi connectivity index (χ3v) is 3.21. The Labute approximate surface area is 126 Å². The summed E-state index contributed by atoms with van der Waals surface area (Å²) in [5, 5.41) is 4.51. The van der Waals surface area contributed by atoms with Crippen LogP contribution in [0, 0.1) is 0 Å². The highest BCUT2D eigenvalue weighted by atomic mass is 16.3. The lowest BCUT2D eigenvalue weighted by Gasteiger charge is -2.16. The van der Waals surface area contributed by atoms with Crippen molar-refractivity contribution in [3.63, 3.8) is 0 Å². The Morgan fingerprint density at radius 1 is 0.909 bits per heavy atom. The quantitative estimate of drug-likeness (QED) is 0.551. The van der Waals surface area contributed by atoms with E-state index in [0.717, 1.165) is 22.4 Å². The number of fused-ring (bicyclic) bond motifs is 1. The third-order valence-electron chi connectivity index (χ3n) is 3.21. The summed E-state index contributed by atoms with van der Waals surface area (Å²) in [6.45, 7) is 0. The summed E-state index contributed by atoms with van der Waals surface area (Å²) >= 11 is 0. The van der Waals surface area contributed by atoms with Gasteiger partial charge in [0.25, 0.3) is 0 Å². The van der Waals surface area contributed by atoms with Crippen LogP contribution in [-0.2, 0) is 0 Å². The molecule has 106 valence electrons. The van der Waals surface area contributed by atoms with Crippen molar-refractivity contribution >= 4 is 22.6 Å². The number of nitrogens with zero attached hydrogens (tertiary/aromatic N) is 4. The number of hydrogen-bond donors (Lipinski definition) is 0. The molecule has 0 spiro atoms. The maximum atomic E-state index is 5.83. The summed E-state index contributed by atoms with van der Waals surface area (Å²) < 4.78 is 5.83. The molecule has 0 unspecified atom stereocenters. The fourth-order valence-electron chi connectivity index (χ4n) is 2.21. The van der Waals surface area contributed by atoms with E-state index in [1.54, 1.807) is 18.6 Å². The highest BCUT2D eigenvalue weighted by molar-refractivity contribution is 5.83. The molecular weight excluding hydrogens is 276 g/mol. The molecule has 22 heavy (non-hydrogen) atoms.